The van der Waals surface area contributed by atoms with Crippen molar-refractivity contribution in [3.8, 4) is 5.75 Å². The summed E-state index contributed by atoms with van der Waals surface area (Å²) in [5.74, 6) is 0.640. The predicted molar refractivity (Wildman–Crippen MR) is 116 cm³/mol. The van der Waals surface area contributed by atoms with E-state index in [1.54, 1.807) is 7.11 Å². The molecular weight excluding hydrogens is 360 g/mol. The van der Waals surface area contributed by atoms with Crippen molar-refractivity contribution in [2.45, 2.75) is 12.5 Å². The Morgan fingerprint density at radius 1 is 0.793 bits per heavy atom. The molecule has 3 nitrogen and oxygen atoms in total. The molecule has 0 bridgehead atoms. The van der Waals surface area contributed by atoms with Crippen LogP contribution in [0.5, 0.6) is 5.75 Å². The zero-order chi connectivity index (χ0) is 20.3. The van der Waals surface area contributed by atoms with Crippen molar-refractivity contribution >= 4 is 10.8 Å². The summed E-state index contributed by atoms with van der Waals surface area (Å²) >= 11 is 0. The van der Waals surface area contributed by atoms with Gasteiger partial charge in [0.15, 0.2) is 6.79 Å². The smallest absolute Gasteiger partial charge is 0.188 e. The fourth-order valence-electron chi connectivity index (χ4n) is 3.92. The van der Waals surface area contributed by atoms with Gasteiger partial charge in [0.1, 0.15) is 11.4 Å². The van der Waals surface area contributed by atoms with Crippen LogP contribution in [-0.4, -0.2) is 19.0 Å². The van der Waals surface area contributed by atoms with Gasteiger partial charge < -0.3 is 14.6 Å². The minimum atomic E-state index is -1.37. The summed E-state index contributed by atoms with van der Waals surface area (Å²) in [7, 11) is 1.59. The van der Waals surface area contributed by atoms with E-state index in [0.29, 0.717) is 11.3 Å². The monoisotopic (exact) mass is 384 g/mol. The third-order valence-corrected chi connectivity index (χ3v) is 5.34. The van der Waals surface area contributed by atoms with Gasteiger partial charge in [0, 0.05) is 12.7 Å². The van der Waals surface area contributed by atoms with Crippen LogP contribution in [0.3, 0.4) is 0 Å². The van der Waals surface area contributed by atoms with Crippen LogP contribution in [0.25, 0.3) is 10.8 Å². The van der Waals surface area contributed by atoms with Crippen molar-refractivity contribution in [2.75, 3.05) is 13.9 Å². The Labute approximate surface area is 171 Å². The molecule has 1 N–H and O–H groups in total. The van der Waals surface area contributed by atoms with Crippen molar-refractivity contribution in [2.24, 2.45) is 0 Å². The molecule has 0 atom stereocenters. The molecule has 0 aliphatic heterocycles. The molecule has 0 unspecified atom stereocenters. The van der Waals surface area contributed by atoms with Crippen LogP contribution in [0.1, 0.15) is 22.3 Å². The van der Waals surface area contributed by atoms with E-state index in [1.807, 2.05) is 85.8 Å². The molecule has 0 spiro atoms. The van der Waals surface area contributed by atoms with Crippen molar-refractivity contribution < 1.29 is 14.6 Å². The third-order valence-electron chi connectivity index (χ3n) is 5.34. The van der Waals surface area contributed by atoms with Gasteiger partial charge in [-0.05, 0) is 40.5 Å². The predicted octanol–water partition coefficient (Wildman–Crippen LogP) is 5.42. The second-order valence-corrected chi connectivity index (χ2v) is 7.09. The molecular formula is C26H24O3. The van der Waals surface area contributed by atoms with Crippen molar-refractivity contribution in [3.63, 3.8) is 0 Å². The highest BCUT2D eigenvalue weighted by molar-refractivity contribution is 5.89. The van der Waals surface area contributed by atoms with E-state index in [2.05, 4.69) is 12.1 Å². The number of methoxy groups -OCH3 is 1. The van der Waals surface area contributed by atoms with Gasteiger partial charge in [0.05, 0.1) is 0 Å². The van der Waals surface area contributed by atoms with Gasteiger partial charge in [-0.15, -0.1) is 0 Å². The van der Waals surface area contributed by atoms with Crippen LogP contribution in [0.15, 0.2) is 91.0 Å². The van der Waals surface area contributed by atoms with Gasteiger partial charge in [0.25, 0.3) is 0 Å². The van der Waals surface area contributed by atoms with E-state index >= 15 is 0 Å². The molecule has 4 rings (SSSR count). The Morgan fingerprint density at radius 3 is 1.93 bits per heavy atom. The topological polar surface area (TPSA) is 38.7 Å². The van der Waals surface area contributed by atoms with Crippen LogP contribution < -0.4 is 4.74 Å². The summed E-state index contributed by atoms with van der Waals surface area (Å²) in [5, 5.41) is 14.4. The van der Waals surface area contributed by atoms with Crippen LogP contribution in [0.4, 0.5) is 0 Å². The van der Waals surface area contributed by atoms with E-state index in [-0.39, 0.29) is 6.79 Å². The van der Waals surface area contributed by atoms with E-state index in [1.165, 1.54) is 0 Å². The maximum Gasteiger partial charge on any atom is 0.188 e. The fourth-order valence-corrected chi connectivity index (χ4v) is 3.92. The number of benzene rings is 4. The van der Waals surface area contributed by atoms with E-state index in [9.17, 15) is 5.11 Å². The first-order valence-electron chi connectivity index (χ1n) is 9.64. The Balaban J connectivity index is 2.07. The van der Waals surface area contributed by atoms with Crippen LogP contribution in [-0.2, 0) is 10.3 Å². The first kappa shape index (κ1) is 19.2. The van der Waals surface area contributed by atoms with Gasteiger partial charge in [-0.3, -0.25) is 0 Å². The Hall–Kier alpha value is -3.14. The molecule has 0 aliphatic carbocycles. The molecule has 0 heterocycles. The van der Waals surface area contributed by atoms with E-state index < -0.39 is 5.60 Å². The summed E-state index contributed by atoms with van der Waals surface area (Å²) in [6.45, 7) is 2.12. The van der Waals surface area contributed by atoms with Gasteiger partial charge in [0.2, 0.25) is 0 Å². The zero-order valence-electron chi connectivity index (χ0n) is 16.6. The van der Waals surface area contributed by atoms with E-state index in [0.717, 1.165) is 27.5 Å². The van der Waals surface area contributed by atoms with Gasteiger partial charge in [-0.1, -0.05) is 84.9 Å². The number of hydrogen-bond donors (Lipinski definition) is 1. The van der Waals surface area contributed by atoms with Crippen LogP contribution in [0, 0.1) is 6.92 Å². The zero-order valence-corrected chi connectivity index (χ0v) is 16.6. The lowest BCUT2D eigenvalue weighted by atomic mass is 9.78. The Bertz CT molecular complexity index is 1070. The highest BCUT2D eigenvalue weighted by Crippen LogP contribution is 2.44. The molecule has 0 saturated carbocycles. The molecule has 3 heteroatoms. The average molecular weight is 384 g/mol. The minimum absolute atomic E-state index is 0.103. The molecule has 0 aliphatic rings. The highest BCUT2D eigenvalue weighted by atomic mass is 16.7. The van der Waals surface area contributed by atoms with Gasteiger partial charge >= 0.3 is 0 Å². The van der Waals surface area contributed by atoms with Crippen molar-refractivity contribution in [1.29, 1.82) is 0 Å². The second kappa shape index (κ2) is 8.08. The molecule has 29 heavy (non-hydrogen) atoms. The summed E-state index contributed by atoms with van der Waals surface area (Å²) in [4.78, 5) is 0. The van der Waals surface area contributed by atoms with Crippen molar-refractivity contribution in [3.05, 3.63) is 113 Å². The summed E-state index contributed by atoms with van der Waals surface area (Å²) in [6.07, 6.45) is 0. The lowest BCUT2D eigenvalue weighted by Gasteiger charge is -2.32. The molecule has 146 valence electrons. The molecule has 4 aromatic rings. The normalized spacial score (nSPS) is 11.6. The average Bonchev–Trinajstić information content (AvgIpc) is 2.79. The largest absolute Gasteiger partial charge is 0.467 e. The van der Waals surface area contributed by atoms with Crippen LogP contribution >= 0.6 is 0 Å². The highest BCUT2D eigenvalue weighted by Gasteiger charge is 2.37. The number of ether oxygens (including phenoxy) is 2. The maximum absolute atomic E-state index is 12.3. The van der Waals surface area contributed by atoms with Gasteiger partial charge in [-0.2, -0.15) is 0 Å². The quantitative estimate of drug-likeness (QED) is 0.357. The molecule has 0 radical (unpaired) electrons. The number of hydrogen-bond acceptors (Lipinski definition) is 3. The number of aryl methyl sites for hydroxylation is 1. The minimum Gasteiger partial charge on any atom is -0.467 e. The second-order valence-electron chi connectivity index (χ2n) is 7.09. The Kier molecular flexibility index (Phi) is 5.34. The van der Waals surface area contributed by atoms with Crippen molar-refractivity contribution in [1.82, 2.24) is 0 Å². The van der Waals surface area contributed by atoms with Crippen LogP contribution in [0.2, 0.25) is 0 Å². The SMILES string of the molecule is COCOc1c(C(O)(c2ccccc2)c2ccccc2)cc2ccccc2c1C. The molecule has 4 aromatic carbocycles. The fraction of sp³-hybridized carbons (Fsp3) is 0.154. The standard InChI is InChI=1S/C26H24O3/c1-19-23-16-10-9-11-20(23)17-24(25(19)29-18-28-2)26(27,21-12-5-3-6-13-21)22-14-7-4-8-15-22/h3-17,27H,18H2,1-2H3. The number of rotatable bonds is 6. The molecule has 0 fully saturated rings. The van der Waals surface area contributed by atoms with Gasteiger partial charge in [-0.25, -0.2) is 0 Å². The maximum atomic E-state index is 12.3. The van der Waals surface area contributed by atoms with E-state index in [4.69, 9.17) is 9.47 Å². The molecule has 0 amide bonds. The lowest BCUT2D eigenvalue weighted by Crippen LogP contribution is -2.30. The first-order chi connectivity index (χ1) is 14.2. The Morgan fingerprint density at radius 2 is 1.34 bits per heavy atom. The summed E-state index contributed by atoms with van der Waals surface area (Å²) in [5.41, 5.74) is 1.86. The molecule has 0 aromatic heterocycles. The lowest BCUT2D eigenvalue weighted by molar-refractivity contribution is 0.0451. The summed E-state index contributed by atoms with van der Waals surface area (Å²) < 4.78 is 11.2. The third kappa shape index (κ3) is 3.39. The summed E-state index contributed by atoms with van der Waals surface area (Å²) in [6, 6.07) is 29.6. The molecule has 0 saturated heterocycles. The number of fused-ring (bicyclic) bond motifs is 1. The first-order valence-corrected chi connectivity index (χ1v) is 9.64. The number of aliphatic hydroxyl groups is 1.